The molecular weight excluding hydrogens is 440 g/mol. The number of hydrogen-bond donors (Lipinski definition) is 4. The van der Waals surface area contributed by atoms with Crippen LogP contribution < -0.4 is 21.6 Å². The first kappa shape index (κ1) is 24.5. The van der Waals surface area contributed by atoms with Crippen LogP contribution in [0.25, 0.3) is 11.0 Å². The Bertz CT molecular complexity index is 1010. The fraction of sp³-hybridized carbons (Fsp3) is 0.708. The van der Waals surface area contributed by atoms with Crippen molar-refractivity contribution in [2.75, 3.05) is 25.0 Å². The van der Waals surface area contributed by atoms with E-state index in [4.69, 9.17) is 11.6 Å². The van der Waals surface area contributed by atoms with Gasteiger partial charge in [-0.15, -0.1) is 11.6 Å². The van der Waals surface area contributed by atoms with E-state index in [-0.39, 0.29) is 23.5 Å². The van der Waals surface area contributed by atoms with Gasteiger partial charge in [-0.1, -0.05) is 13.3 Å². The summed E-state index contributed by atoms with van der Waals surface area (Å²) >= 11 is 6.68. The molecule has 3 heterocycles. The molecule has 2 aliphatic heterocycles. The van der Waals surface area contributed by atoms with Crippen LogP contribution in [0.5, 0.6) is 0 Å². The molecule has 2 saturated heterocycles. The number of fused-ring (bicyclic) bond motifs is 1. The number of hydrogen-bond acceptors (Lipinski definition) is 6. The highest BCUT2D eigenvalue weighted by Gasteiger charge is 2.33. The highest BCUT2D eigenvalue weighted by Crippen LogP contribution is 2.24. The van der Waals surface area contributed by atoms with Crippen molar-refractivity contribution >= 4 is 28.3 Å². The monoisotopic (exact) mass is 478 g/mol. The van der Waals surface area contributed by atoms with Gasteiger partial charge in [0, 0.05) is 38.9 Å². The van der Waals surface area contributed by atoms with E-state index in [2.05, 4.69) is 27.8 Å². The van der Waals surface area contributed by atoms with Gasteiger partial charge >= 0.3 is 5.69 Å². The number of alkyl halides is 1. The summed E-state index contributed by atoms with van der Waals surface area (Å²) in [5.74, 6) is 0.753. The van der Waals surface area contributed by atoms with Crippen LogP contribution >= 0.6 is 11.6 Å². The van der Waals surface area contributed by atoms with Crippen molar-refractivity contribution in [1.82, 2.24) is 24.7 Å². The predicted octanol–water partition coefficient (Wildman–Crippen LogP) is 2.44. The smallest absolute Gasteiger partial charge is 0.328 e. The largest absolute Gasteiger partial charge is 0.390 e. The topological polar surface area (TPSA) is 86.5 Å². The molecule has 4 unspecified atom stereocenters. The average Bonchev–Trinajstić information content (AvgIpc) is 3.02. The maximum Gasteiger partial charge on any atom is 0.328 e. The molecule has 0 saturated carbocycles. The summed E-state index contributed by atoms with van der Waals surface area (Å²) in [6.45, 7) is 9.17. The number of likely N-dealkylation sites (tertiary alicyclic amines) is 1. The van der Waals surface area contributed by atoms with Gasteiger partial charge in [-0.05, 0) is 57.2 Å². The van der Waals surface area contributed by atoms with Crippen LogP contribution in [0.15, 0.2) is 23.0 Å². The molecule has 0 spiro atoms. The molecule has 9 heteroatoms. The molecular formula is C24H39ClN6O2. The number of rotatable bonds is 7. The first-order chi connectivity index (χ1) is 15.7. The summed E-state index contributed by atoms with van der Waals surface area (Å²) in [7, 11) is 1.79. The number of imidazole rings is 1. The number of aliphatic hydroxyl groups is 1. The van der Waals surface area contributed by atoms with Gasteiger partial charge in [0.05, 0.1) is 28.2 Å². The molecule has 2 fully saturated rings. The van der Waals surface area contributed by atoms with E-state index < -0.39 is 5.60 Å². The van der Waals surface area contributed by atoms with Gasteiger partial charge in [-0.25, -0.2) is 4.79 Å². The molecule has 2 aliphatic rings. The Balaban J connectivity index is 1.52. The summed E-state index contributed by atoms with van der Waals surface area (Å²) in [6.07, 6.45) is 4.25. The van der Waals surface area contributed by atoms with Gasteiger partial charge in [0.2, 0.25) is 0 Å². The molecule has 0 bridgehead atoms. The number of benzene rings is 1. The van der Waals surface area contributed by atoms with E-state index in [0.29, 0.717) is 19.5 Å². The Morgan fingerprint density at radius 1 is 1.30 bits per heavy atom. The predicted molar refractivity (Wildman–Crippen MR) is 135 cm³/mol. The third-order valence-corrected chi connectivity index (χ3v) is 7.52. The van der Waals surface area contributed by atoms with Gasteiger partial charge < -0.3 is 10.4 Å². The van der Waals surface area contributed by atoms with E-state index >= 15 is 0 Å². The van der Waals surface area contributed by atoms with Crippen LogP contribution in [0.4, 0.5) is 5.69 Å². The zero-order valence-electron chi connectivity index (χ0n) is 20.3. The number of aromatic nitrogens is 2. The van der Waals surface area contributed by atoms with Crippen molar-refractivity contribution in [2.24, 2.45) is 13.0 Å². The minimum absolute atomic E-state index is 0.0720. The lowest BCUT2D eigenvalue weighted by Crippen LogP contribution is -2.68. The van der Waals surface area contributed by atoms with Crippen molar-refractivity contribution < 1.29 is 5.11 Å². The fourth-order valence-electron chi connectivity index (χ4n) is 4.99. The minimum atomic E-state index is -0.831. The Hall–Kier alpha value is -1.58. The van der Waals surface area contributed by atoms with Crippen LogP contribution in [-0.2, 0) is 13.6 Å². The molecule has 1 aromatic heterocycles. The molecule has 4 N–H and O–H groups in total. The summed E-state index contributed by atoms with van der Waals surface area (Å²) in [4.78, 5) is 15.3. The van der Waals surface area contributed by atoms with Crippen LogP contribution in [0, 0.1) is 5.92 Å². The van der Waals surface area contributed by atoms with E-state index in [1.165, 1.54) is 19.3 Å². The zero-order valence-corrected chi connectivity index (χ0v) is 21.0. The lowest BCUT2D eigenvalue weighted by Gasteiger charge is -2.44. The maximum atomic E-state index is 12.8. The van der Waals surface area contributed by atoms with Gasteiger partial charge in [-0.3, -0.25) is 24.7 Å². The van der Waals surface area contributed by atoms with Crippen molar-refractivity contribution in [3.63, 3.8) is 0 Å². The third kappa shape index (κ3) is 5.57. The SMILES string of the molecule is CCC1CCCN(C2NCC(Cl)C(Nc3ccc4c(c3)n(CCC(C)(C)O)c(=O)n4C)N2)C1. The summed E-state index contributed by atoms with van der Waals surface area (Å²) < 4.78 is 3.40. The Kier molecular flexibility index (Phi) is 7.41. The number of anilines is 1. The number of aryl methyl sites for hydroxylation is 2. The number of halogens is 1. The van der Waals surface area contributed by atoms with E-state index in [1.807, 2.05) is 18.2 Å². The van der Waals surface area contributed by atoms with Gasteiger partial charge in [0.15, 0.2) is 0 Å². The second-order valence-corrected chi connectivity index (χ2v) is 10.8. The summed E-state index contributed by atoms with van der Waals surface area (Å²) in [5, 5.41) is 20.8. The highest BCUT2D eigenvalue weighted by atomic mass is 35.5. The summed E-state index contributed by atoms with van der Waals surface area (Å²) in [5.41, 5.74) is 1.74. The van der Waals surface area contributed by atoms with Crippen molar-refractivity contribution in [2.45, 2.75) is 76.4 Å². The van der Waals surface area contributed by atoms with Crippen LogP contribution in [0.2, 0.25) is 0 Å². The van der Waals surface area contributed by atoms with Crippen LogP contribution in [0.1, 0.15) is 46.5 Å². The number of nitrogens with zero attached hydrogens (tertiary/aromatic N) is 3. The average molecular weight is 479 g/mol. The van der Waals surface area contributed by atoms with Crippen LogP contribution in [0.3, 0.4) is 0 Å². The van der Waals surface area contributed by atoms with Crippen molar-refractivity contribution in [1.29, 1.82) is 0 Å². The van der Waals surface area contributed by atoms with Crippen LogP contribution in [-0.4, -0.2) is 62.2 Å². The Morgan fingerprint density at radius 2 is 2.09 bits per heavy atom. The molecule has 184 valence electrons. The van der Waals surface area contributed by atoms with E-state index in [1.54, 1.807) is 30.0 Å². The summed E-state index contributed by atoms with van der Waals surface area (Å²) in [6, 6.07) is 5.98. The van der Waals surface area contributed by atoms with E-state index in [0.717, 1.165) is 35.7 Å². The van der Waals surface area contributed by atoms with Gasteiger partial charge in [-0.2, -0.15) is 0 Å². The Labute approximate surface area is 201 Å². The molecule has 0 amide bonds. The van der Waals surface area contributed by atoms with Crippen molar-refractivity contribution in [3.05, 3.63) is 28.7 Å². The quantitative estimate of drug-likeness (QED) is 0.457. The molecule has 4 atom stereocenters. The lowest BCUT2D eigenvalue weighted by molar-refractivity contribution is 0.0611. The van der Waals surface area contributed by atoms with Gasteiger partial charge in [0.1, 0.15) is 6.29 Å². The molecule has 0 radical (unpaired) electrons. The Morgan fingerprint density at radius 3 is 2.82 bits per heavy atom. The van der Waals surface area contributed by atoms with Gasteiger partial charge in [0.25, 0.3) is 0 Å². The first-order valence-electron chi connectivity index (χ1n) is 12.2. The molecule has 33 heavy (non-hydrogen) atoms. The minimum Gasteiger partial charge on any atom is -0.390 e. The second kappa shape index (κ2) is 9.96. The maximum absolute atomic E-state index is 12.8. The number of piperidine rings is 1. The second-order valence-electron chi connectivity index (χ2n) is 10.3. The van der Waals surface area contributed by atoms with Crippen molar-refractivity contribution in [3.8, 4) is 0 Å². The molecule has 2 aromatic rings. The fourth-order valence-corrected chi connectivity index (χ4v) is 5.21. The number of nitrogens with one attached hydrogen (secondary N) is 3. The first-order valence-corrected chi connectivity index (χ1v) is 12.7. The molecule has 4 rings (SSSR count). The molecule has 1 aromatic carbocycles. The standard InChI is InChI=1S/C24H39ClN6O2/c1-5-16-7-6-11-30(15-16)22-26-14-18(25)21(28-22)27-17-8-9-19-20(13-17)31(23(32)29(19)4)12-10-24(2,3)33/h8-9,13,16,18,21-22,26-28,33H,5-7,10-12,14-15H2,1-4H3. The lowest BCUT2D eigenvalue weighted by atomic mass is 9.95. The zero-order chi connectivity index (χ0) is 23.8. The third-order valence-electron chi connectivity index (χ3n) is 7.11. The highest BCUT2D eigenvalue weighted by molar-refractivity contribution is 6.21. The molecule has 0 aliphatic carbocycles. The van der Waals surface area contributed by atoms with E-state index in [9.17, 15) is 9.90 Å². The normalized spacial score (nSPS) is 27.2. The molecule has 8 nitrogen and oxygen atoms in total.